The summed E-state index contributed by atoms with van der Waals surface area (Å²) in [5, 5.41) is 0. The van der Waals surface area contributed by atoms with Crippen LogP contribution < -0.4 is 0 Å². The van der Waals surface area contributed by atoms with Crippen molar-refractivity contribution >= 4 is 5.71 Å². The van der Waals surface area contributed by atoms with Crippen molar-refractivity contribution in [2.45, 2.75) is 25.8 Å². The topological polar surface area (TPSA) is 38.1 Å². The van der Waals surface area contributed by atoms with E-state index in [9.17, 15) is 8.78 Å². The smallest absolute Gasteiger partial charge is 0.135 e. The Balaban J connectivity index is 1.59. The first-order valence-corrected chi connectivity index (χ1v) is 8.52. The second-order valence-corrected chi connectivity index (χ2v) is 6.37. The largest absolute Gasteiger partial charge is 0.281 e. The van der Waals surface area contributed by atoms with Crippen LogP contribution in [0.2, 0.25) is 0 Å². The standard InChI is InChI=1S/C21H17F2N3/c1-13-24-11-16(12-25-13)14-5-7-15(8-6-14)19-9-10-20(26-19)21-17(22)3-2-4-18(21)23/h2-8,11-12,19H,9-10H2,1H3. The van der Waals surface area contributed by atoms with Crippen LogP contribution in [0, 0.1) is 18.6 Å². The van der Waals surface area contributed by atoms with Gasteiger partial charge in [-0.15, -0.1) is 0 Å². The molecule has 3 nitrogen and oxygen atoms in total. The Labute approximate surface area is 150 Å². The highest BCUT2D eigenvalue weighted by Gasteiger charge is 2.24. The van der Waals surface area contributed by atoms with Gasteiger partial charge in [-0.1, -0.05) is 30.3 Å². The lowest BCUT2D eigenvalue weighted by molar-refractivity contribution is 0.578. The van der Waals surface area contributed by atoms with Crippen molar-refractivity contribution in [3.8, 4) is 11.1 Å². The van der Waals surface area contributed by atoms with Crippen LogP contribution in [0.5, 0.6) is 0 Å². The zero-order valence-electron chi connectivity index (χ0n) is 14.3. The van der Waals surface area contributed by atoms with Gasteiger partial charge in [0.15, 0.2) is 0 Å². The molecule has 2 aromatic carbocycles. The van der Waals surface area contributed by atoms with Gasteiger partial charge in [0.25, 0.3) is 0 Å². The Bertz CT molecular complexity index is 943. The molecule has 130 valence electrons. The van der Waals surface area contributed by atoms with Crippen molar-refractivity contribution < 1.29 is 8.78 Å². The summed E-state index contributed by atoms with van der Waals surface area (Å²) < 4.78 is 27.9. The number of hydrogen-bond donors (Lipinski definition) is 0. The van der Waals surface area contributed by atoms with E-state index in [1.165, 1.54) is 18.2 Å². The molecule has 0 saturated heterocycles. The summed E-state index contributed by atoms with van der Waals surface area (Å²) >= 11 is 0. The van der Waals surface area contributed by atoms with Crippen LogP contribution in [0.1, 0.15) is 35.8 Å². The number of aryl methyl sites for hydroxylation is 1. The molecule has 0 N–H and O–H groups in total. The maximum absolute atomic E-state index is 14.0. The summed E-state index contributed by atoms with van der Waals surface area (Å²) in [6.45, 7) is 1.85. The third kappa shape index (κ3) is 3.12. The van der Waals surface area contributed by atoms with Gasteiger partial charge in [0.1, 0.15) is 17.5 Å². The van der Waals surface area contributed by atoms with E-state index >= 15 is 0 Å². The van der Waals surface area contributed by atoms with Gasteiger partial charge in [0.2, 0.25) is 0 Å². The number of rotatable bonds is 3. The molecule has 26 heavy (non-hydrogen) atoms. The quantitative estimate of drug-likeness (QED) is 0.663. The highest BCUT2D eigenvalue weighted by atomic mass is 19.1. The molecule has 0 aliphatic carbocycles. The molecule has 5 heteroatoms. The Morgan fingerprint density at radius 3 is 2.19 bits per heavy atom. The number of nitrogens with zero attached hydrogens (tertiary/aromatic N) is 3. The molecule has 2 heterocycles. The molecule has 0 amide bonds. The van der Waals surface area contributed by atoms with E-state index in [0.29, 0.717) is 12.1 Å². The summed E-state index contributed by atoms with van der Waals surface area (Å²) in [6, 6.07) is 11.8. The second kappa shape index (κ2) is 6.75. The normalized spacial score (nSPS) is 16.6. The van der Waals surface area contributed by atoms with Crippen molar-refractivity contribution in [2.75, 3.05) is 0 Å². The molecule has 0 spiro atoms. The van der Waals surface area contributed by atoms with Crippen LogP contribution in [0.3, 0.4) is 0 Å². The van der Waals surface area contributed by atoms with E-state index in [-0.39, 0.29) is 11.6 Å². The first-order valence-electron chi connectivity index (χ1n) is 8.52. The summed E-state index contributed by atoms with van der Waals surface area (Å²) in [7, 11) is 0. The molecule has 0 fully saturated rings. The molecule has 1 aromatic heterocycles. The lowest BCUT2D eigenvalue weighted by atomic mass is 10.0. The fraction of sp³-hybridized carbons (Fsp3) is 0.190. The monoisotopic (exact) mass is 349 g/mol. The molecule has 3 aromatic rings. The Kier molecular flexibility index (Phi) is 4.29. The van der Waals surface area contributed by atoms with E-state index in [1.54, 1.807) is 12.4 Å². The number of aromatic nitrogens is 2. The molecule has 1 atom stereocenters. The molecular weight excluding hydrogens is 332 g/mol. The summed E-state index contributed by atoms with van der Waals surface area (Å²) in [6.07, 6.45) is 4.90. The van der Waals surface area contributed by atoms with Crippen molar-refractivity contribution in [2.24, 2.45) is 4.99 Å². The van der Waals surface area contributed by atoms with Gasteiger partial charge >= 0.3 is 0 Å². The minimum Gasteiger partial charge on any atom is -0.281 e. The third-order valence-corrected chi connectivity index (χ3v) is 4.63. The molecule has 1 aliphatic rings. The van der Waals surface area contributed by atoms with E-state index in [1.807, 2.05) is 31.2 Å². The van der Waals surface area contributed by atoms with Gasteiger partial charge in [-0.2, -0.15) is 0 Å². The molecule has 4 rings (SSSR count). The van der Waals surface area contributed by atoms with Gasteiger partial charge in [-0.25, -0.2) is 18.7 Å². The first kappa shape index (κ1) is 16.5. The number of aliphatic imine (C=N–C) groups is 1. The Morgan fingerprint density at radius 1 is 0.885 bits per heavy atom. The summed E-state index contributed by atoms with van der Waals surface area (Å²) in [5.41, 5.74) is 3.51. The van der Waals surface area contributed by atoms with Crippen LogP contribution >= 0.6 is 0 Å². The molecule has 1 unspecified atom stereocenters. The predicted octanol–water partition coefficient (Wildman–Crippen LogP) is 5.05. The average molecular weight is 349 g/mol. The van der Waals surface area contributed by atoms with E-state index in [2.05, 4.69) is 15.0 Å². The van der Waals surface area contributed by atoms with Gasteiger partial charge in [0, 0.05) is 23.7 Å². The fourth-order valence-electron chi connectivity index (χ4n) is 3.23. The molecular formula is C21H17F2N3. The Hall–Kier alpha value is -2.95. The average Bonchev–Trinajstić information content (AvgIpc) is 3.12. The van der Waals surface area contributed by atoms with Crippen LogP contribution in [0.25, 0.3) is 11.1 Å². The van der Waals surface area contributed by atoms with Crippen LogP contribution in [0.15, 0.2) is 59.9 Å². The molecule has 1 aliphatic heterocycles. The maximum atomic E-state index is 14.0. The maximum Gasteiger partial charge on any atom is 0.135 e. The van der Waals surface area contributed by atoms with Crippen molar-refractivity contribution in [1.82, 2.24) is 9.97 Å². The zero-order valence-corrected chi connectivity index (χ0v) is 14.3. The summed E-state index contributed by atoms with van der Waals surface area (Å²) in [5.74, 6) is -0.378. The first-order chi connectivity index (χ1) is 12.6. The number of halogens is 2. The van der Waals surface area contributed by atoms with Crippen molar-refractivity contribution in [3.63, 3.8) is 0 Å². The van der Waals surface area contributed by atoms with Gasteiger partial charge in [-0.3, -0.25) is 4.99 Å². The highest BCUT2D eigenvalue weighted by molar-refractivity contribution is 6.02. The lowest BCUT2D eigenvalue weighted by Gasteiger charge is -2.08. The van der Waals surface area contributed by atoms with Crippen LogP contribution in [-0.2, 0) is 0 Å². The predicted molar refractivity (Wildman–Crippen MR) is 97.1 cm³/mol. The van der Waals surface area contributed by atoms with Gasteiger partial charge < -0.3 is 0 Å². The SMILES string of the molecule is Cc1ncc(-c2ccc(C3CCC(c4c(F)cccc4F)=N3)cc2)cn1. The second-order valence-electron chi connectivity index (χ2n) is 6.37. The summed E-state index contributed by atoms with van der Waals surface area (Å²) in [4.78, 5) is 13.0. The Morgan fingerprint density at radius 2 is 1.54 bits per heavy atom. The van der Waals surface area contributed by atoms with Crippen LogP contribution in [0.4, 0.5) is 8.78 Å². The zero-order chi connectivity index (χ0) is 18.1. The minimum atomic E-state index is -0.556. The molecule has 0 bridgehead atoms. The van der Waals surface area contributed by atoms with Crippen molar-refractivity contribution in [3.05, 3.63) is 83.4 Å². The van der Waals surface area contributed by atoms with E-state index in [4.69, 9.17) is 0 Å². The number of hydrogen-bond acceptors (Lipinski definition) is 3. The third-order valence-electron chi connectivity index (χ3n) is 4.63. The molecule has 0 saturated carbocycles. The van der Waals surface area contributed by atoms with Crippen LogP contribution in [-0.4, -0.2) is 15.7 Å². The lowest BCUT2D eigenvalue weighted by Crippen LogP contribution is -2.03. The fourth-order valence-corrected chi connectivity index (χ4v) is 3.23. The van der Waals surface area contributed by atoms with Crippen molar-refractivity contribution in [1.29, 1.82) is 0 Å². The van der Waals surface area contributed by atoms with Gasteiger partial charge in [0.05, 0.1) is 11.6 Å². The minimum absolute atomic E-state index is 0.00317. The molecule has 0 radical (unpaired) electrons. The number of benzene rings is 2. The van der Waals surface area contributed by atoms with E-state index in [0.717, 1.165) is 28.9 Å². The highest BCUT2D eigenvalue weighted by Crippen LogP contribution is 2.33. The van der Waals surface area contributed by atoms with Gasteiger partial charge in [-0.05, 0) is 43.0 Å². The van der Waals surface area contributed by atoms with E-state index < -0.39 is 11.6 Å².